The van der Waals surface area contributed by atoms with E-state index in [4.69, 9.17) is 5.73 Å². The van der Waals surface area contributed by atoms with Crippen LogP contribution in [-0.2, 0) is 4.79 Å². The third kappa shape index (κ3) is 2.38. The van der Waals surface area contributed by atoms with E-state index in [2.05, 4.69) is 5.92 Å². The van der Waals surface area contributed by atoms with Crippen LogP contribution in [0.2, 0.25) is 0 Å². The van der Waals surface area contributed by atoms with Gasteiger partial charge in [-0.25, -0.2) is 8.78 Å². The molecule has 0 aliphatic carbocycles. The lowest BCUT2D eigenvalue weighted by atomic mass is 10.1. The number of halogens is 2. The Bertz CT molecular complexity index is 486. The van der Waals surface area contributed by atoms with Gasteiger partial charge in [-0.05, 0) is 12.1 Å². The van der Waals surface area contributed by atoms with Crippen molar-refractivity contribution in [2.75, 3.05) is 0 Å². The van der Waals surface area contributed by atoms with Crippen molar-refractivity contribution in [2.45, 2.75) is 0 Å². The van der Waals surface area contributed by atoms with Gasteiger partial charge in [-0.2, -0.15) is 0 Å². The molecular formula is C10H5F2NO2. The van der Waals surface area contributed by atoms with Gasteiger partial charge in [-0.15, -0.1) is 0 Å². The largest absolute Gasteiger partial charge is 0.359 e. The van der Waals surface area contributed by atoms with Crippen molar-refractivity contribution < 1.29 is 18.4 Å². The van der Waals surface area contributed by atoms with Crippen LogP contribution in [0, 0.1) is 23.5 Å². The summed E-state index contributed by atoms with van der Waals surface area (Å²) in [6.45, 7) is 0. The lowest BCUT2D eigenvalue weighted by Crippen LogP contribution is -2.06. The summed E-state index contributed by atoms with van der Waals surface area (Å²) >= 11 is 0. The fourth-order valence-electron chi connectivity index (χ4n) is 0.903. The Morgan fingerprint density at radius 1 is 1.40 bits per heavy atom. The van der Waals surface area contributed by atoms with Crippen molar-refractivity contribution in [1.29, 1.82) is 0 Å². The van der Waals surface area contributed by atoms with E-state index < -0.39 is 23.1 Å². The zero-order valence-electron chi connectivity index (χ0n) is 7.38. The van der Waals surface area contributed by atoms with Crippen LogP contribution in [0.15, 0.2) is 12.1 Å². The Kier molecular flexibility index (Phi) is 3.13. The van der Waals surface area contributed by atoms with Crippen molar-refractivity contribution in [2.24, 2.45) is 5.73 Å². The van der Waals surface area contributed by atoms with Crippen LogP contribution in [-0.4, -0.2) is 12.2 Å². The molecule has 0 unspecified atom stereocenters. The van der Waals surface area contributed by atoms with Gasteiger partial charge < -0.3 is 5.73 Å². The van der Waals surface area contributed by atoms with Gasteiger partial charge in [-0.1, -0.05) is 5.92 Å². The molecule has 0 fully saturated rings. The maximum absolute atomic E-state index is 13.3. The average molecular weight is 209 g/mol. The van der Waals surface area contributed by atoms with E-state index in [1.165, 1.54) is 0 Å². The van der Waals surface area contributed by atoms with Gasteiger partial charge in [0.25, 0.3) is 5.91 Å². The van der Waals surface area contributed by atoms with Gasteiger partial charge in [0.05, 0.1) is 11.1 Å². The molecule has 1 amide bonds. The first-order valence-corrected chi connectivity index (χ1v) is 3.81. The van der Waals surface area contributed by atoms with E-state index in [1.54, 1.807) is 0 Å². The summed E-state index contributed by atoms with van der Waals surface area (Å²) in [5.41, 5.74) is 3.74. The SMILES string of the molecule is NC(=O)C#Cc1ccc(F)c(C=O)c1F. The fourth-order valence-corrected chi connectivity index (χ4v) is 0.903. The monoisotopic (exact) mass is 209 g/mol. The van der Waals surface area contributed by atoms with Crippen LogP contribution in [0.4, 0.5) is 8.78 Å². The highest BCUT2D eigenvalue weighted by Crippen LogP contribution is 2.14. The Labute approximate surface area is 83.9 Å². The molecule has 0 heterocycles. The van der Waals surface area contributed by atoms with E-state index in [1.807, 2.05) is 5.92 Å². The van der Waals surface area contributed by atoms with Crippen LogP contribution >= 0.6 is 0 Å². The fraction of sp³-hybridized carbons (Fsp3) is 0. The highest BCUT2D eigenvalue weighted by molar-refractivity contribution is 5.92. The quantitative estimate of drug-likeness (QED) is 0.544. The lowest BCUT2D eigenvalue weighted by molar-refractivity contribution is -0.112. The van der Waals surface area contributed by atoms with Crippen LogP contribution in [0.1, 0.15) is 15.9 Å². The molecule has 0 spiro atoms. The molecule has 0 saturated carbocycles. The van der Waals surface area contributed by atoms with Crippen LogP contribution < -0.4 is 5.73 Å². The molecule has 15 heavy (non-hydrogen) atoms. The average Bonchev–Trinajstić information content (AvgIpc) is 2.17. The van der Waals surface area contributed by atoms with E-state index in [-0.39, 0.29) is 11.8 Å². The van der Waals surface area contributed by atoms with Crippen molar-refractivity contribution in [3.8, 4) is 11.8 Å². The smallest absolute Gasteiger partial charge is 0.293 e. The number of hydrogen-bond acceptors (Lipinski definition) is 2. The number of amides is 1. The van der Waals surface area contributed by atoms with Crippen LogP contribution in [0.5, 0.6) is 0 Å². The normalized spacial score (nSPS) is 8.93. The van der Waals surface area contributed by atoms with Crippen LogP contribution in [0.3, 0.4) is 0 Å². The second kappa shape index (κ2) is 4.33. The molecule has 0 aliphatic rings. The van der Waals surface area contributed by atoms with Gasteiger partial charge in [0, 0.05) is 5.92 Å². The van der Waals surface area contributed by atoms with E-state index in [0.717, 1.165) is 12.1 Å². The van der Waals surface area contributed by atoms with E-state index in [0.29, 0.717) is 0 Å². The van der Waals surface area contributed by atoms with Crippen molar-refractivity contribution in [1.82, 2.24) is 0 Å². The molecule has 76 valence electrons. The van der Waals surface area contributed by atoms with Gasteiger partial charge >= 0.3 is 0 Å². The predicted molar refractivity (Wildman–Crippen MR) is 47.8 cm³/mol. The molecule has 1 rings (SSSR count). The number of hydrogen-bond donors (Lipinski definition) is 1. The minimum Gasteiger partial charge on any atom is -0.359 e. The summed E-state index contributed by atoms with van der Waals surface area (Å²) in [4.78, 5) is 20.6. The highest BCUT2D eigenvalue weighted by Gasteiger charge is 2.11. The summed E-state index contributed by atoms with van der Waals surface area (Å²) < 4.78 is 26.1. The number of rotatable bonds is 1. The van der Waals surface area contributed by atoms with E-state index in [9.17, 15) is 18.4 Å². The van der Waals surface area contributed by atoms with E-state index >= 15 is 0 Å². The first-order chi connectivity index (χ1) is 7.06. The third-order valence-electron chi connectivity index (χ3n) is 1.56. The summed E-state index contributed by atoms with van der Waals surface area (Å²) in [5.74, 6) is 0.957. The highest BCUT2D eigenvalue weighted by atomic mass is 19.1. The van der Waals surface area contributed by atoms with Crippen LogP contribution in [0.25, 0.3) is 0 Å². The number of benzene rings is 1. The zero-order valence-corrected chi connectivity index (χ0v) is 7.38. The zero-order chi connectivity index (χ0) is 11.4. The standard InChI is InChI=1S/C10H5F2NO2/c11-8-3-1-6(2-4-9(13)15)10(12)7(8)5-14/h1,3,5H,(H2,13,15). The molecule has 0 aromatic heterocycles. The number of nitrogens with two attached hydrogens (primary N) is 1. The predicted octanol–water partition coefficient (Wildman–Crippen LogP) is 0.614. The Balaban J connectivity index is 3.30. The van der Waals surface area contributed by atoms with Gasteiger partial charge in [-0.3, -0.25) is 9.59 Å². The molecule has 0 atom stereocenters. The Morgan fingerprint density at radius 2 is 2.07 bits per heavy atom. The molecular weight excluding hydrogens is 204 g/mol. The molecule has 1 aromatic carbocycles. The summed E-state index contributed by atoms with van der Waals surface area (Å²) in [7, 11) is 0. The maximum atomic E-state index is 13.3. The molecule has 1 aromatic rings. The molecule has 3 nitrogen and oxygen atoms in total. The summed E-state index contributed by atoms with van der Waals surface area (Å²) in [6.07, 6.45) is 0.0418. The van der Waals surface area contributed by atoms with Crippen molar-refractivity contribution in [3.63, 3.8) is 0 Å². The molecule has 2 N–H and O–H groups in total. The number of aldehydes is 1. The Morgan fingerprint density at radius 3 is 2.60 bits per heavy atom. The summed E-state index contributed by atoms with van der Waals surface area (Å²) in [6, 6.07) is 1.91. The Hall–Kier alpha value is -2.22. The van der Waals surface area contributed by atoms with Crippen molar-refractivity contribution in [3.05, 3.63) is 34.9 Å². The second-order valence-corrected chi connectivity index (χ2v) is 2.55. The minimum absolute atomic E-state index is 0.0418. The molecule has 0 bridgehead atoms. The molecule has 0 saturated heterocycles. The lowest BCUT2D eigenvalue weighted by Gasteiger charge is -1.98. The number of primary amides is 1. The molecule has 0 radical (unpaired) electrons. The number of carbonyl (C=O) groups excluding carboxylic acids is 2. The maximum Gasteiger partial charge on any atom is 0.293 e. The van der Waals surface area contributed by atoms with Crippen molar-refractivity contribution >= 4 is 12.2 Å². The number of carbonyl (C=O) groups is 2. The minimum atomic E-state index is -1.10. The molecule has 5 heteroatoms. The second-order valence-electron chi connectivity index (χ2n) is 2.55. The first kappa shape index (κ1) is 10.9. The molecule has 0 aliphatic heterocycles. The van der Waals surface area contributed by atoms with Gasteiger partial charge in [0.2, 0.25) is 0 Å². The topological polar surface area (TPSA) is 60.2 Å². The first-order valence-electron chi connectivity index (χ1n) is 3.81. The van der Waals surface area contributed by atoms with Gasteiger partial charge in [0.1, 0.15) is 5.82 Å². The van der Waals surface area contributed by atoms with Gasteiger partial charge in [0.15, 0.2) is 12.1 Å². The summed E-state index contributed by atoms with van der Waals surface area (Å²) in [5, 5.41) is 0. The third-order valence-corrected chi connectivity index (χ3v) is 1.56.